The Morgan fingerprint density at radius 1 is 0.667 bits per heavy atom. The molecule has 0 saturated heterocycles. The fourth-order valence-electron chi connectivity index (χ4n) is 1.42. The van der Waals surface area contributed by atoms with Gasteiger partial charge in [0, 0.05) is 5.92 Å². The van der Waals surface area contributed by atoms with E-state index in [1.807, 2.05) is 34.6 Å². The van der Waals surface area contributed by atoms with Gasteiger partial charge >= 0.3 is 0 Å². The van der Waals surface area contributed by atoms with Crippen LogP contribution in [0.25, 0.3) is 0 Å². The topological polar surface area (TPSA) is 40.5 Å². The van der Waals surface area contributed by atoms with Crippen LogP contribution in [0.1, 0.15) is 34.6 Å². The summed E-state index contributed by atoms with van der Waals surface area (Å²) >= 11 is 0. The molecular weight excluding hydrogens is 152 g/mol. The molecule has 0 amide bonds. The SMILES string of the molecule is CC(C)[C@@H](O)C(C)[C@@H](O)C(C)C. The highest BCUT2D eigenvalue weighted by Crippen LogP contribution is 2.20. The fraction of sp³-hybridized carbons (Fsp3) is 1.00. The molecule has 0 fully saturated rings. The summed E-state index contributed by atoms with van der Waals surface area (Å²) < 4.78 is 0. The molecule has 3 atom stereocenters. The van der Waals surface area contributed by atoms with Crippen LogP contribution < -0.4 is 0 Å². The minimum atomic E-state index is -0.401. The molecule has 0 heterocycles. The number of rotatable bonds is 4. The largest absolute Gasteiger partial charge is 0.392 e. The zero-order chi connectivity index (χ0) is 9.89. The molecule has 0 aromatic carbocycles. The molecule has 2 N–H and O–H groups in total. The lowest BCUT2D eigenvalue weighted by Crippen LogP contribution is -2.35. The van der Waals surface area contributed by atoms with E-state index in [4.69, 9.17) is 0 Å². The van der Waals surface area contributed by atoms with Crippen LogP contribution in [0.5, 0.6) is 0 Å². The molecule has 0 aliphatic rings. The Labute approximate surface area is 75.6 Å². The molecule has 0 aliphatic carbocycles. The highest BCUT2D eigenvalue weighted by molar-refractivity contribution is 4.76. The van der Waals surface area contributed by atoms with E-state index in [-0.39, 0.29) is 17.8 Å². The summed E-state index contributed by atoms with van der Waals surface area (Å²) in [4.78, 5) is 0. The summed E-state index contributed by atoms with van der Waals surface area (Å²) in [5, 5.41) is 19.3. The molecule has 0 rings (SSSR count). The molecule has 0 aliphatic heterocycles. The maximum Gasteiger partial charge on any atom is 0.0613 e. The van der Waals surface area contributed by atoms with E-state index < -0.39 is 12.2 Å². The third-order valence-electron chi connectivity index (χ3n) is 2.44. The Hall–Kier alpha value is -0.0800. The number of hydrogen-bond donors (Lipinski definition) is 2. The number of aliphatic hydroxyl groups excluding tert-OH is 2. The summed E-state index contributed by atoms with van der Waals surface area (Å²) in [5.74, 6) is 0.395. The highest BCUT2D eigenvalue weighted by atomic mass is 16.3. The van der Waals surface area contributed by atoms with E-state index in [0.29, 0.717) is 0 Å². The lowest BCUT2D eigenvalue weighted by molar-refractivity contribution is -0.0215. The van der Waals surface area contributed by atoms with Gasteiger partial charge in [-0.25, -0.2) is 0 Å². The molecule has 0 aromatic rings. The van der Waals surface area contributed by atoms with Gasteiger partial charge in [-0.1, -0.05) is 34.6 Å². The van der Waals surface area contributed by atoms with Crippen molar-refractivity contribution in [1.82, 2.24) is 0 Å². The van der Waals surface area contributed by atoms with Crippen molar-refractivity contribution >= 4 is 0 Å². The highest BCUT2D eigenvalue weighted by Gasteiger charge is 2.26. The van der Waals surface area contributed by atoms with Gasteiger partial charge in [0.1, 0.15) is 0 Å². The fourth-order valence-corrected chi connectivity index (χ4v) is 1.42. The van der Waals surface area contributed by atoms with Gasteiger partial charge in [-0.05, 0) is 11.8 Å². The molecular formula is C10H22O2. The summed E-state index contributed by atoms with van der Waals surface area (Å²) in [7, 11) is 0. The van der Waals surface area contributed by atoms with E-state index >= 15 is 0 Å². The minimum absolute atomic E-state index is 0.0370. The summed E-state index contributed by atoms with van der Waals surface area (Å²) in [6, 6.07) is 0. The van der Waals surface area contributed by atoms with Crippen LogP contribution in [0, 0.1) is 17.8 Å². The van der Waals surface area contributed by atoms with E-state index in [0.717, 1.165) is 0 Å². The monoisotopic (exact) mass is 174 g/mol. The Morgan fingerprint density at radius 3 is 1.08 bits per heavy atom. The second kappa shape index (κ2) is 4.83. The molecule has 74 valence electrons. The Kier molecular flexibility index (Phi) is 4.80. The lowest BCUT2D eigenvalue weighted by atomic mass is 9.86. The quantitative estimate of drug-likeness (QED) is 0.680. The normalized spacial score (nSPS) is 17.5. The third kappa shape index (κ3) is 3.11. The first-order valence-corrected chi connectivity index (χ1v) is 4.74. The van der Waals surface area contributed by atoms with Crippen LogP contribution in [0.4, 0.5) is 0 Å². The first kappa shape index (κ1) is 11.9. The van der Waals surface area contributed by atoms with E-state index in [2.05, 4.69) is 0 Å². The van der Waals surface area contributed by atoms with Gasteiger partial charge in [-0.3, -0.25) is 0 Å². The van der Waals surface area contributed by atoms with Crippen molar-refractivity contribution in [3.05, 3.63) is 0 Å². The molecule has 0 aromatic heterocycles. The van der Waals surface area contributed by atoms with Crippen LogP contribution in [0.15, 0.2) is 0 Å². The summed E-state index contributed by atoms with van der Waals surface area (Å²) in [6.07, 6.45) is -0.801. The van der Waals surface area contributed by atoms with E-state index in [1.165, 1.54) is 0 Å². The standard InChI is InChI=1S/C10H22O2/c1-6(2)9(11)8(5)10(12)7(3)4/h6-12H,1-5H3/t8?,9-,10+. The van der Waals surface area contributed by atoms with Crippen LogP contribution >= 0.6 is 0 Å². The Balaban J connectivity index is 4.08. The third-order valence-corrected chi connectivity index (χ3v) is 2.44. The van der Waals surface area contributed by atoms with Crippen LogP contribution in [0.3, 0.4) is 0 Å². The van der Waals surface area contributed by atoms with E-state index in [1.54, 1.807) is 0 Å². The molecule has 1 unspecified atom stereocenters. The van der Waals surface area contributed by atoms with Gasteiger partial charge in [0.25, 0.3) is 0 Å². The zero-order valence-electron chi connectivity index (χ0n) is 8.78. The lowest BCUT2D eigenvalue weighted by Gasteiger charge is -2.28. The smallest absolute Gasteiger partial charge is 0.0613 e. The maximum absolute atomic E-state index is 9.65. The molecule has 2 heteroatoms. The van der Waals surface area contributed by atoms with Crippen molar-refractivity contribution in [3.8, 4) is 0 Å². The number of aliphatic hydroxyl groups is 2. The predicted molar refractivity (Wildman–Crippen MR) is 50.9 cm³/mol. The Morgan fingerprint density at radius 2 is 0.917 bits per heavy atom. The van der Waals surface area contributed by atoms with Gasteiger partial charge in [0.2, 0.25) is 0 Å². The maximum atomic E-state index is 9.65. The molecule has 12 heavy (non-hydrogen) atoms. The van der Waals surface area contributed by atoms with Crippen molar-refractivity contribution in [2.75, 3.05) is 0 Å². The van der Waals surface area contributed by atoms with Gasteiger partial charge in [0.15, 0.2) is 0 Å². The molecule has 0 radical (unpaired) electrons. The van der Waals surface area contributed by atoms with E-state index in [9.17, 15) is 10.2 Å². The van der Waals surface area contributed by atoms with Crippen molar-refractivity contribution in [2.24, 2.45) is 17.8 Å². The average molecular weight is 174 g/mol. The van der Waals surface area contributed by atoms with Crippen molar-refractivity contribution in [2.45, 2.75) is 46.8 Å². The first-order valence-electron chi connectivity index (χ1n) is 4.74. The summed E-state index contributed by atoms with van der Waals surface area (Å²) in [6.45, 7) is 9.76. The van der Waals surface area contributed by atoms with Crippen molar-refractivity contribution in [3.63, 3.8) is 0 Å². The molecule has 0 bridgehead atoms. The minimum Gasteiger partial charge on any atom is -0.392 e. The Bertz CT molecular complexity index is 107. The van der Waals surface area contributed by atoms with Crippen molar-refractivity contribution in [1.29, 1.82) is 0 Å². The van der Waals surface area contributed by atoms with Gasteiger partial charge in [-0.15, -0.1) is 0 Å². The van der Waals surface area contributed by atoms with Gasteiger partial charge < -0.3 is 10.2 Å². The predicted octanol–water partition coefficient (Wildman–Crippen LogP) is 1.66. The second-order valence-electron chi connectivity index (χ2n) is 4.33. The van der Waals surface area contributed by atoms with Crippen LogP contribution in [-0.4, -0.2) is 22.4 Å². The number of hydrogen-bond acceptors (Lipinski definition) is 2. The van der Waals surface area contributed by atoms with Gasteiger partial charge in [0.05, 0.1) is 12.2 Å². The van der Waals surface area contributed by atoms with Crippen LogP contribution in [-0.2, 0) is 0 Å². The molecule has 0 spiro atoms. The van der Waals surface area contributed by atoms with Crippen LogP contribution in [0.2, 0.25) is 0 Å². The zero-order valence-corrected chi connectivity index (χ0v) is 8.78. The second-order valence-corrected chi connectivity index (χ2v) is 4.33. The van der Waals surface area contributed by atoms with Crippen molar-refractivity contribution < 1.29 is 10.2 Å². The first-order chi connectivity index (χ1) is 5.37. The van der Waals surface area contributed by atoms with Gasteiger partial charge in [-0.2, -0.15) is 0 Å². The average Bonchev–Trinajstić information content (AvgIpc) is 2.00. The summed E-state index contributed by atoms with van der Waals surface area (Å²) in [5.41, 5.74) is 0. The molecule has 2 nitrogen and oxygen atoms in total. The molecule has 0 saturated carbocycles.